The van der Waals surface area contributed by atoms with Crippen LogP contribution in [0.5, 0.6) is 0 Å². The van der Waals surface area contributed by atoms with E-state index in [1.54, 1.807) is 11.1 Å². The number of halogens is 1. The summed E-state index contributed by atoms with van der Waals surface area (Å²) in [6.07, 6.45) is 6.90. The Kier molecular flexibility index (Phi) is 7.29. The number of pyridine rings is 1. The van der Waals surface area contributed by atoms with Crippen LogP contribution in [-0.2, 0) is 17.6 Å². The van der Waals surface area contributed by atoms with Gasteiger partial charge in [0.2, 0.25) is 0 Å². The van der Waals surface area contributed by atoms with Gasteiger partial charge in [0.15, 0.2) is 0 Å². The van der Waals surface area contributed by atoms with Gasteiger partial charge in [0.25, 0.3) is 5.91 Å². The molecule has 2 aliphatic heterocycles. The second kappa shape index (κ2) is 9.91. The molecule has 1 aromatic heterocycles. The fourth-order valence-corrected chi connectivity index (χ4v) is 4.12. The summed E-state index contributed by atoms with van der Waals surface area (Å²) < 4.78 is 4.86. The lowest BCUT2D eigenvalue weighted by atomic mass is 9.99. The number of hydrogen-bond donors (Lipinski definition) is 2. The van der Waals surface area contributed by atoms with Crippen LogP contribution in [-0.4, -0.2) is 43.7 Å². The summed E-state index contributed by atoms with van der Waals surface area (Å²) in [6.45, 7) is 2.72. The number of fused-ring (bicyclic) bond motifs is 1. The Labute approximate surface area is 182 Å². The molecule has 2 N–H and O–H groups in total. The summed E-state index contributed by atoms with van der Waals surface area (Å²) in [7, 11) is 1.39. The average Bonchev–Trinajstić information content (AvgIpc) is 3.25. The van der Waals surface area contributed by atoms with E-state index in [0.717, 1.165) is 55.6 Å². The fraction of sp³-hybridized carbons (Fsp3) is 0.409. The molecule has 0 radical (unpaired) electrons. The largest absolute Gasteiger partial charge is 0.452 e. The van der Waals surface area contributed by atoms with Crippen molar-refractivity contribution in [1.29, 1.82) is 0 Å². The van der Waals surface area contributed by atoms with Gasteiger partial charge in [-0.15, -0.1) is 12.4 Å². The number of carbonyl (C=O) groups is 2. The Balaban J connectivity index is 0.00000256. The molecule has 0 bridgehead atoms. The number of hydrogen-bond acceptors (Lipinski definition) is 5. The van der Waals surface area contributed by atoms with E-state index in [9.17, 15) is 9.59 Å². The number of ether oxygens (including phenoxy) is 1. The van der Waals surface area contributed by atoms with Crippen molar-refractivity contribution >= 4 is 35.8 Å². The standard InChI is InChI=1S/C22H26N4O3.ClH/c1-29-22(28)26-8-2-3-17-11-19(4-5-20(17)26)25-21(27)18-10-16(13-24-14-18)9-15-6-7-23-12-15;/h4-5,10-11,13-15,23H,2-3,6-9,12H2,1H3,(H,25,27);1H. The fourth-order valence-electron chi connectivity index (χ4n) is 4.12. The summed E-state index contributed by atoms with van der Waals surface area (Å²) in [6, 6.07) is 7.55. The highest BCUT2D eigenvalue weighted by atomic mass is 35.5. The predicted octanol–water partition coefficient (Wildman–Crippen LogP) is 3.43. The molecule has 8 heteroatoms. The first-order chi connectivity index (χ1) is 14.1. The van der Waals surface area contributed by atoms with Crippen molar-refractivity contribution in [3.05, 3.63) is 53.3 Å². The van der Waals surface area contributed by atoms with E-state index in [0.29, 0.717) is 23.7 Å². The number of nitrogens with one attached hydrogen (secondary N) is 2. The topological polar surface area (TPSA) is 83.6 Å². The molecule has 160 valence electrons. The van der Waals surface area contributed by atoms with Crippen LogP contribution in [0.15, 0.2) is 36.7 Å². The molecule has 1 unspecified atom stereocenters. The zero-order valence-electron chi connectivity index (χ0n) is 17.0. The molecule has 0 aliphatic carbocycles. The first kappa shape index (κ1) is 22.1. The van der Waals surface area contributed by atoms with Gasteiger partial charge >= 0.3 is 6.09 Å². The maximum atomic E-state index is 12.7. The first-order valence-electron chi connectivity index (χ1n) is 10.1. The maximum absolute atomic E-state index is 12.7. The molecular weight excluding hydrogens is 404 g/mol. The van der Waals surface area contributed by atoms with Crippen molar-refractivity contribution in [3.63, 3.8) is 0 Å². The van der Waals surface area contributed by atoms with Crippen LogP contribution in [0, 0.1) is 5.92 Å². The molecule has 4 rings (SSSR count). The van der Waals surface area contributed by atoms with Gasteiger partial charge in [-0.1, -0.05) is 0 Å². The molecule has 1 atom stereocenters. The molecule has 0 saturated carbocycles. The van der Waals surface area contributed by atoms with Crippen molar-refractivity contribution in [2.24, 2.45) is 5.92 Å². The van der Waals surface area contributed by atoms with Gasteiger partial charge in [-0.2, -0.15) is 0 Å². The minimum absolute atomic E-state index is 0. The number of methoxy groups -OCH3 is 1. The van der Waals surface area contributed by atoms with Gasteiger partial charge in [0.05, 0.1) is 18.4 Å². The Morgan fingerprint density at radius 2 is 2.17 bits per heavy atom. The van der Waals surface area contributed by atoms with Crippen molar-refractivity contribution in [1.82, 2.24) is 10.3 Å². The molecule has 7 nitrogen and oxygen atoms in total. The van der Waals surface area contributed by atoms with Crippen molar-refractivity contribution in [3.8, 4) is 0 Å². The van der Waals surface area contributed by atoms with E-state index in [4.69, 9.17) is 4.74 Å². The number of amides is 2. The number of rotatable bonds is 4. The highest BCUT2D eigenvalue weighted by molar-refractivity contribution is 6.04. The SMILES string of the molecule is COC(=O)N1CCCc2cc(NC(=O)c3cncc(CC4CCNC4)c3)ccc21.Cl. The maximum Gasteiger partial charge on any atom is 0.414 e. The van der Waals surface area contributed by atoms with Crippen LogP contribution < -0.4 is 15.5 Å². The molecule has 3 heterocycles. The zero-order chi connectivity index (χ0) is 20.2. The summed E-state index contributed by atoms with van der Waals surface area (Å²) in [5, 5.41) is 6.33. The average molecular weight is 431 g/mol. The highest BCUT2D eigenvalue weighted by Crippen LogP contribution is 2.30. The molecule has 1 aromatic carbocycles. The second-order valence-corrected chi connectivity index (χ2v) is 7.67. The minimum atomic E-state index is -0.358. The quantitative estimate of drug-likeness (QED) is 0.776. The van der Waals surface area contributed by atoms with Crippen molar-refractivity contribution in [2.45, 2.75) is 25.7 Å². The monoisotopic (exact) mass is 430 g/mol. The molecule has 1 saturated heterocycles. The highest BCUT2D eigenvalue weighted by Gasteiger charge is 2.23. The van der Waals surface area contributed by atoms with E-state index in [2.05, 4.69) is 15.6 Å². The van der Waals surface area contributed by atoms with E-state index in [1.807, 2.05) is 30.5 Å². The Morgan fingerprint density at radius 3 is 2.93 bits per heavy atom. The van der Waals surface area contributed by atoms with Gasteiger partial charge in [0, 0.05) is 24.6 Å². The van der Waals surface area contributed by atoms with Crippen LogP contribution in [0.4, 0.5) is 16.2 Å². The zero-order valence-corrected chi connectivity index (χ0v) is 17.8. The van der Waals surface area contributed by atoms with Crippen LogP contribution in [0.2, 0.25) is 0 Å². The van der Waals surface area contributed by atoms with E-state index in [1.165, 1.54) is 7.11 Å². The number of carbonyl (C=O) groups excluding carboxylic acids is 2. The van der Waals surface area contributed by atoms with E-state index >= 15 is 0 Å². The van der Waals surface area contributed by atoms with Gasteiger partial charge in [-0.3, -0.25) is 14.7 Å². The predicted molar refractivity (Wildman–Crippen MR) is 119 cm³/mol. The van der Waals surface area contributed by atoms with Gasteiger partial charge in [-0.25, -0.2) is 4.79 Å². The summed E-state index contributed by atoms with van der Waals surface area (Å²) >= 11 is 0. The molecule has 2 amide bonds. The summed E-state index contributed by atoms with van der Waals surface area (Å²) in [5.74, 6) is 0.429. The second-order valence-electron chi connectivity index (χ2n) is 7.67. The van der Waals surface area contributed by atoms with Gasteiger partial charge in [-0.05, 0) is 80.1 Å². The third kappa shape index (κ3) is 4.91. The van der Waals surface area contributed by atoms with Crippen molar-refractivity contribution < 1.29 is 14.3 Å². The summed E-state index contributed by atoms with van der Waals surface area (Å²) in [5.41, 5.74) is 4.23. The molecule has 0 spiro atoms. The number of benzene rings is 1. The van der Waals surface area contributed by atoms with Gasteiger partial charge < -0.3 is 15.4 Å². The number of anilines is 2. The van der Waals surface area contributed by atoms with Crippen LogP contribution in [0.3, 0.4) is 0 Å². The Morgan fingerprint density at radius 1 is 1.30 bits per heavy atom. The first-order valence-corrected chi connectivity index (χ1v) is 10.1. The number of aromatic nitrogens is 1. The number of nitrogens with zero attached hydrogens (tertiary/aromatic N) is 2. The van der Waals surface area contributed by atoms with Crippen LogP contribution in [0.25, 0.3) is 0 Å². The molecule has 2 aromatic rings. The van der Waals surface area contributed by atoms with Crippen LogP contribution >= 0.6 is 12.4 Å². The molecular formula is C22H27ClN4O3. The Bertz CT molecular complexity index is 915. The Hall–Kier alpha value is -2.64. The lowest BCUT2D eigenvalue weighted by Gasteiger charge is -2.28. The smallest absolute Gasteiger partial charge is 0.414 e. The molecule has 1 fully saturated rings. The van der Waals surface area contributed by atoms with E-state index < -0.39 is 0 Å². The van der Waals surface area contributed by atoms with Gasteiger partial charge in [0.1, 0.15) is 0 Å². The molecule has 30 heavy (non-hydrogen) atoms. The van der Waals surface area contributed by atoms with E-state index in [-0.39, 0.29) is 24.4 Å². The third-order valence-corrected chi connectivity index (χ3v) is 5.59. The van der Waals surface area contributed by atoms with Crippen LogP contribution in [0.1, 0.15) is 34.3 Å². The lowest BCUT2D eigenvalue weighted by molar-refractivity contribution is 0.102. The van der Waals surface area contributed by atoms with Crippen molar-refractivity contribution in [2.75, 3.05) is 37.0 Å². The lowest BCUT2D eigenvalue weighted by Crippen LogP contribution is -2.35. The normalized spacial score (nSPS) is 17.6. The summed E-state index contributed by atoms with van der Waals surface area (Å²) in [4.78, 5) is 30.6. The minimum Gasteiger partial charge on any atom is -0.452 e. The third-order valence-electron chi connectivity index (χ3n) is 5.59. The molecule has 2 aliphatic rings. The number of aryl methyl sites for hydroxylation is 1.